The molecule has 2 aliphatic rings. The standard InChI is InChI=1S/C17H22N2O3/c20-16(19-11-13-5-1-2-6-14(13)12-19)8-3-9-18-17(21)15-7-4-10-22-15/h1-2,5-6,15H,3-4,7-12H2,(H,18,21). The molecule has 0 aromatic heterocycles. The number of amides is 2. The van der Waals surface area contributed by atoms with Crippen molar-refractivity contribution in [1.82, 2.24) is 10.2 Å². The molecule has 1 aromatic rings. The van der Waals surface area contributed by atoms with E-state index in [1.807, 2.05) is 17.0 Å². The van der Waals surface area contributed by atoms with E-state index in [-0.39, 0.29) is 17.9 Å². The predicted molar refractivity (Wildman–Crippen MR) is 81.9 cm³/mol. The minimum atomic E-state index is -0.288. The van der Waals surface area contributed by atoms with Gasteiger partial charge in [-0.25, -0.2) is 0 Å². The van der Waals surface area contributed by atoms with Crippen LogP contribution in [-0.4, -0.2) is 36.0 Å². The van der Waals surface area contributed by atoms with Crippen molar-refractivity contribution in [3.63, 3.8) is 0 Å². The van der Waals surface area contributed by atoms with E-state index in [4.69, 9.17) is 4.74 Å². The first-order valence-corrected chi connectivity index (χ1v) is 7.98. The third-order valence-electron chi connectivity index (χ3n) is 4.28. The highest BCUT2D eigenvalue weighted by Gasteiger charge is 2.24. The molecule has 2 amide bonds. The third kappa shape index (κ3) is 3.47. The lowest BCUT2D eigenvalue weighted by Crippen LogP contribution is -2.35. The molecule has 1 aromatic carbocycles. The fraction of sp³-hybridized carbons (Fsp3) is 0.529. The molecule has 0 saturated carbocycles. The van der Waals surface area contributed by atoms with Crippen LogP contribution in [0.3, 0.4) is 0 Å². The summed E-state index contributed by atoms with van der Waals surface area (Å²) in [7, 11) is 0. The van der Waals surface area contributed by atoms with Gasteiger partial charge in [0.15, 0.2) is 0 Å². The van der Waals surface area contributed by atoms with E-state index >= 15 is 0 Å². The van der Waals surface area contributed by atoms with Gasteiger partial charge in [0.1, 0.15) is 6.10 Å². The van der Waals surface area contributed by atoms with Crippen LogP contribution in [0.15, 0.2) is 24.3 Å². The molecular weight excluding hydrogens is 280 g/mol. The van der Waals surface area contributed by atoms with Crippen LogP contribution in [0.4, 0.5) is 0 Å². The minimum absolute atomic E-state index is 0.0430. The smallest absolute Gasteiger partial charge is 0.249 e. The van der Waals surface area contributed by atoms with Gasteiger partial charge in [-0.05, 0) is 30.4 Å². The highest BCUT2D eigenvalue weighted by Crippen LogP contribution is 2.22. The monoisotopic (exact) mass is 302 g/mol. The summed E-state index contributed by atoms with van der Waals surface area (Å²) < 4.78 is 5.32. The van der Waals surface area contributed by atoms with Crippen molar-refractivity contribution in [3.8, 4) is 0 Å². The molecule has 118 valence electrons. The normalized spacial score (nSPS) is 20.0. The average molecular weight is 302 g/mol. The Morgan fingerprint density at radius 3 is 2.59 bits per heavy atom. The fourth-order valence-corrected chi connectivity index (χ4v) is 3.02. The van der Waals surface area contributed by atoms with E-state index in [2.05, 4.69) is 17.4 Å². The minimum Gasteiger partial charge on any atom is -0.368 e. The van der Waals surface area contributed by atoms with Gasteiger partial charge in [0, 0.05) is 32.7 Å². The average Bonchev–Trinajstić information content (AvgIpc) is 3.19. The molecule has 3 rings (SSSR count). The van der Waals surface area contributed by atoms with Crippen molar-refractivity contribution < 1.29 is 14.3 Å². The molecule has 5 nitrogen and oxygen atoms in total. The molecule has 0 bridgehead atoms. The topological polar surface area (TPSA) is 58.6 Å². The van der Waals surface area contributed by atoms with E-state index in [0.717, 1.165) is 12.8 Å². The zero-order valence-electron chi connectivity index (χ0n) is 12.7. The van der Waals surface area contributed by atoms with Crippen molar-refractivity contribution in [2.75, 3.05) is 13.2 Å². The van der Waals surface area contributed by atoms with Crippen molar-refractivity contribution >= 4 is 11.8 Å². The predicted octanol–water partition coefficient (Wildman–Crippen LogP) is 1.60. The van der Waals surface area contributed by atoms with Crippen LogP contribution in [0.1, 0.15) is 36.8 Å². The van der Waals surface area contributed by atoms with Gasteiger partial charge in [-0.2, -0.15) is 0 Å². The largest absolute Gasteiger partial charge is 0.368 e. The summed E-state index contributed by atoms with van der Waals surface area (Å²) in [5.41, 5.74) is 2.48. The maximum Gasteiger partial charge on any atom is 0.249 e. The molecule has 1 atom stereocenters. The van der Waals surface area contributed by atoms with Crippen LogP contribution in [0.25, 0.3) is 0 Å². The number of carbonyl (C=O) groups excluding carboxylic acids is 2. The van der Waals surface area contributed by atoms with Gasteiger partial charge >= 0.3 is 0 Å². The molecule has 2 aliphatic heterocycles. The number of fused-ring (bicyclic) bond motifs is 1. The second kappa shape index (κ2) is 6.92. The number of benzene rings is 1. The molecule has 2 heterocycles. The number of hydrogen-bond acceptors (Lipinski definition) is 3. The first-order chi connectivity index (χ1) is 10.7. The molecule has 1 unspecified atom stereocenters. The van der Waals surface area contributed by atoms with E-state index in [0.29, 0.717) is 39.1 Å². The van der Waals surface area contributed by atoms with Crippen LogP contribution in [-0.2, 0) is 27.4 Å². The van der Waals surface area contributed by atoms with Crippen molar-refractivity contribution in [2.45, 2.75) is 44.9 Å². The van der Waals surface area contributed by atoms with Crippen LogP contribution >= 0.6 is 0 Å². The fourth-order valence-electron chi connectivity index (χ4n) is 3.02. The second-order valence-corrected chi connectivity index (χ2v) is 5.91. The molecule has 1 saturated heterocycles. The number of nitrogens with zero attached hydrogens (tertiary/aromatic N) is 1. The zero-order chi connectivity index (χ0) is 15.4. The lowest BCUT2D eigenvalue weighted by Gasteiger charge is -2.15. The summed E-state index contributed by atoms with van der Waals surface area (Å²) in [6, 6.07) is 8.16. The number of nitrogens with one attached hydrogen (secondary N) is 1. The molecule has 1 N–H and O–H groups in total. The maximum absolute atomic E-state index is 12.2. The number of ether oxygens (including phenoxy) is 1. The molecule has 5 heteroatoms. The Labute approximate surface area is 130 Å². The van der Waals surface area contributed by atoms with Crippen LogP contribution < -0.4 is 5.32 Å². The van der Waals surface area contributed by atoms with E-state index < -0.39 is 0 Å². The maximum atomic E-state index is 12.2. The van der Waals surface area contributed by atoms with Crippen molar-refractivity contribution in [2.24, 2.45) is 0 Å². The molecule has 22 heavy (non-hydrogen) atoms. The molecule has 0 aliphatic carbocycles. The highest BCUT2D eigenvalue weighted by molar-refractivity contribution is 5.81. The van der Waals surface area contributed by atoms with Crippen molar-refractivity contribution in [3.05, 3.63) is 35.4 Å². The Bertz CT molecular complexity index is 528. The highest BCUT2D eigenvalue weighted by atomic mass is 16.5. The Kier molecular flexibility index (Phi) is 4.73. The number of carbonyl (C=O) groups is 2. The number of rotatable bonds is 5. The SMILES string of the molecule is O=C(NCCCC(=O)N1Cc2ccccc2C1)C1CCCO1. The Morgan fingerprint density at radius 1 is 1.23 bits per heavy atom. The first-order valence-electron chi connectivity index (χ1n) is 7.98. The van der Waals surface area contributed by atoms with E-state index in [1.54, 1.807) is 0 Å². The summed E-state index contributed by atoms with van der Waals surface area (Å²) in [5.74, 6) is 0.112. The van der Waals surface area contributed by atoms with Crippen LogP contribution in [0.2, 0.25) is 0 Å². The lowest BCUT2D eigenvalue weighted by atomic mass is 10.1. The van der Waals surface area contributed by atoms with Gasteiger partial charge in [0.2, 0.25) is 11.8 Å². The summed E-state index contributed by atoms with van der Waals surface area (Å²) in [6.07, 6.45) is 2.61. The summed E-state index contributed by atoms with van der Waals surface area (Å²) in [4.78, 5) is 25.8. The van der Waals surface area contributed by atoms with Gasteiger partial charge in [0.05, 0.1) is 0 Å². The van der Waals surface area contributed by atoms with Gasteiger partial charge in [-0.1, -0.05) is 24.3 Å². The van der Waals surface area contributed by atoms with Gasteiger partial charge in [-0.3, -0.25) is 9.59 Å². The zero-order valence-corrected chi connectivity index (χ0v) is 12.7. The van der Waals surface area contributed by atoms with Crippen LogP contribution in [0.5, 0.6) is 0 Å². The Hall–Kier alpha value is -1.88. The Morgan fingerprint density at radius 2 is 1.95 bits per heavy atom. The third-order valence-corrected chi connectivity index (χ3v) is 4.28. The van der Waals surface area contributed by atoms with Crippen molar-refractivity contribution in [1.29, 1.82) is 0 Å². The molecule has 0 spiro atoms. The van der Waals surface area contributed by atoms with Crippen LogP contribution in [0, 0.1) is 0 Å². The van der Waals surface area contributed by atoms with Gasteiger partial charge < -0.3 is 15.0 Å². The number of hydrogen-bond donors (Lipinski definition) is 1. The Balaban J connectivity index is 1.36. The lowest BCUT2D eigenvalue weighted by molar-refractivity contribution is -0.133. The second-order valence-electron chi connectivity index (χ2n) is 5.91. The molecule has 1 fully saturated rings. The quantitative estimate of drug-likeness (QED) is 0.841. The first kappa shape index (κ1) is 15.0. The van der Waals surface area contributed by atoms with Gasteiger partial charge in [-0.15, -0.1) is 0 Å². The molecule has 0 radical (unpaired) electrons. The summed E-state index contributed by atoms with van der Waals surface area (Å²) in [6.45, 7) is 2.62. The van der Waals surface area contributed by atoms with E-state index in [1.165, 1.54) is 11.1 Å². The molecular formula is C17H22N2O3. The van der Waals surface area contributed by atoms with Gasteiger partial charge in [0.25, 0.3) is 0 Å². The van der Waals surface area contributed by atoms with E-state index in [9.17, 15) is 9.59 Å². The summed E-state index contributed by atoms with van der Waals surface area (Å²) >= 11 is 0. The summed E-state index contributed by atoms with van der Waals surface area (Å²) in [5, 5.41) is 2.85.